The van der Waals surface area contributed by atoms with Crippen molar-refractivity contribution in [2.24, 2.45) is 41.4 Å². The molecule has 3 amide bonds. The minimum atomic E-state index is -0.619. The number of ether oxygens (including phenoxy) is 2. The quantitative estimate of drug-likeness (QED) is 0.245. The van der Waals surface area contributed by atoms with E-state index in [-0.39, 0.29) is 54.4 Å². The highest BCUT2D eigenvalue weighted by Gasteiger charge is 2.67. The van der Waals surface area contributed by atoms with E-state index in [1.165, 1.54) is 4.90 Å². The van der Waals surface area contributed by atoms with Crippen LogP contribution >= 0.6 is 0 Å². The summed E-state index contributed by atoms with van der Waals surface area (Å²) in [7, 11) is 0. The van der Waals surface area contributed by atoms with E-state index in [0.717, 1.165) is 6.42 Å². The van der Waals surface area contributed by atoms with Crippen molar-refractivity contribution in [2.75, 3.05) is 23.0 Å². The largest absolute Gasteiger partial charge is 0.492 e. The Morgan fingerprint density at radius 1 is 0.949 bits per heavy atom. The predicted octanol–water partition coefficient (Wildman–Crippen LogP) is 3.91. The Balaban J connectivity index is 1.06. The lowest BCUT2D eigenvalue weighted by molar-refractivity contribution is -0.139. The Morgan fingerprint density at radius 2 is 1.64 bits per heavy atom. The van der Waals surface area contributed by atoms with Crippen LogP contribution in [0.3, 0.4) is 0 Å². The van der Waals surface area contributed by atoms with E-state index in [4.69, 9.17) is 9.47 Å². The topological polar surface area (TPSA) is 93.2 Å². The van der Waals surface area contributed by atoms with Crippen LogP contribution < -0.4 is 19.3 Å². The molecule has 0 N–H and O–H groups in total. The molecule has 2 saturated carbocycles. The number of aryl methyl sites for hydroxylation is 1. The van der Waals surface area contributed by atoms with Crippen molar-refractivity contribution in [3.63, 3.8) is 0 Å². The molecule has 0 unspecified atom stereocenters. The fourth-order valence-electron chi connectivity index (χ4n) is 7.39. The van der Waals surface area contributed by atoms with Gasteiger partial charge in [-0.05, 0) is 79.8 Å². The molecule has 6 aliphatic rings. The number of carbonyl (C=O) groups excluding carboxylic acids is 4. The number of allylic oxidation sites excluding steroid dienone is 2. The summed E-state index contributed by atoms with van der Waals surface area (Å²) < 4.78 is 11.3. The molecule has 2 saturated heterocycles. The Kier molecular flexibility index (Phi) is 5.44. The monoisotopic (exact) mass is 526 g/mol. The van der Waals surface area contributed by atoms with Gasteiger partial charge in [-0.3, -0.25) is 19.2 Å². The molecular formula is C31H30N2O6. The van der Waals surface area contributed by atoms with Gasteiger partial charge < -0.3 is 14.4 Å². The maximum absolute atomic E-state index is 13.5. The molecule has 2 bridgehead atoms. The number of esters is 1. The number of rotatable bonds is 6. The second kappa shape index (κ2) is 8.79. The zero-order chi connectivity index (χ0) is 27.0. The molecule has 39 heavy (non-hydrogen) atoms. The first-order valence-corrected chi connectivity index (χ1v) is 13.8. The molecule has 8 nitrogen and oxygen atoms in total. The van der Waals surface area contributed by atoms with Crippen LogP contribution in [-0.2, 0) is 19.2 Å². The Labute approximate surface area is 226 Å². The highest BCUT2D eigenvalue weighted by Crippen LogP contribution is 2.65. The normalized spacial score (nSPS) is 31.9. The first-order valence-electron chi connectivity index (χ1n) is 13.8. The maximum Gasteiger partial charge on any atom is 0.316 e. The standard InChI is InChI=1S/C31H30N2O6/c1-3-38-25-7-5-4-6-24(25)32-15-17(13-26(32)34)31(37)39-18-8-11-23(16(2)12-18)33-29(35)27-19-9-10-20(22-14-21(19)22)28(27)30(33)36/h4-12,17,19-22,27-28H,3,13-15H2,1-2H3/t17-,19+,20+,21-,22+,27-,28-/m1/s1. The van der Waals surface area contributed by atoms with Crippen molar-refractivity contribution in [3.05, 3.63) is 60.2 Å². The van der Waals surface area contributed by atoms with E-state index < -0.39 is 11.9 Å². The molecule has 4 fully saturated rings. The minimum absolute atomic E-state index is 0.0499. The molecule has 0 radical (unpaired) electrons. The summed E-state index contributed by atoms with van der Waals surface area (Å²) in [5.41, 5.74) is 1.87. The highest BCUT2D eigenvalue weighted by atomic mass is 16.5. The molecule has 2 aromatic carbocycles. The summed E-state index contributed by atoms with van der Waals surface area (Å²) in [6.45, 7) is 4.36. The summed E-state index contributed by atoms with van der Waals surface area (Å²) in [6.07, 6.45) is 5.50. The van der Waals surface area contributed by atoms with E-state index in [9.17, 15) is 19.2 Å². The number of para-hydroxylation sites is 2. The maximum atomic E-state index is 13.5. The molecule has 7 atom stereocenters. The number of nitrogens with zero attached hydrogens (tertiary/aromatic N) is 2. The lowest BCUT2D eigenvalue weighted by atomic mass is 9.63. The second-order valence-corrected chi connectivity index (χ2v) is 11.3. The lowest BCUT2D eigenvalue weighted by Gasteiger charge is -2.37. The fraction of sp³-hybridized carbons (Fsp3) is 0.419. The van der Waals surface area contributed by atoms with E-state index in [2.05, 4.69) is 12.2 Å². The van der Waals surface area contributed by atoms with E-state index in [0.29, 0.717) is 46.9 Å². The van der Waals surface area contributed by atoms with Crippen LogP contribution in [0.2, 0.25) is 0 Å². The van der Waals surface area contributed by atoms with Gasteiger partial charge in [-0.1, -0.05) is 24.3 Å². The van der Waals surface area contributed by atoms with Crippen molar-refractivity contribution in [2.45, 2.75) is 26.7 Å². The Morgan fingerprint density at radius 3 is 2.31 bits per heavy atom. The summed E-state index contributed by atoms with van der Waals surface area (Å²) in [4.78, 5) is 55.7. The molecule has 2 heterocycles. The van der Waals surface area contributed by atoms with Crippen molar-refractivity contribution in [1.82, 2.24) is 0 Å². The molecule has 0 aromatic heterocycles. The molecule has 2 aromatic rings. The molecule has 4 aliphatic carbocycles. The third-order valence-corrected chi connectivity index (χ3v) is 9.20. The molecule has 200 valence electrons. The van der Waals surface area contributed by atoms with Gasteiger partial charge in [0.1, 0.15) is 11.5 Å². The number of benzene rings is 2. The zero-order valence-corrected chi connectivity index (χ0v) is 21.9. The van der Waals surface area contributed by atoms with Crippen LogP contribution in [0.15, 0.2) is 54.6 Å². The molecule has 8 rings (SSSR count). The molecule has 0 spiro atoms. The van der Waals surface area contributed by atoms with Gasteiger partial charge in [0.2, 0.25) is 17.7 Å². The van der Waals surface area contributed by atoms with Crippen LogP contribution in [0.5, 0.6) is 11.5 Å². The van der Waals surface area contributed by atoms with Gasteiger partial charge in [-0.2, -0.15) is 0 Å². The van der Waals surface area contributed by atoms with Gasteiger partial charge >= 0.3 is 5.97 Å². The van der Waals surface area contributed by atoms with E-state index >= 15 is 0 Å². The van der Waals surface area contributed by atoms with Crippen molar-refractivity contribution in [1.29, 1.82) is 0 Å². The van der Waals surface area contributed by atoms with Gasteiger partial charge in [-0.25, -0.2) is 4.90 Å². The second-order valence-electron chi connectivity index (χ2n) is 11.3. The summed E-state index contributed by atoms with van der Waals surface area (Å²) >= 11 is 0. The van der Waals surface area contributed by atoms with E-state index in [1.54, 1.807) is 35.2 Å². The third kappa shape index (κ3) is 3.64. The van der Waals surface area contributed by atoms with Crippen molar-refractivity contribution in [3.8, 4) is 11.5 Å². The first kappa shape index (κ1) is 24.1. The van der Waals surface area contributed by atoms with Crippen LogP contribution in [0.1, 0.15) is 25.3 Å². The molecule has 8 heteroatoms. The van der Waals surface area contributed by atoms with Gasteiger partial charge in [0.05, 0.1) is 35.7 Å². The lowest BCUT2D eigenvalue weighted by Crippen LogP contribution is -2.40. The van der Waals surface area contributed by atoms with Crippen LogP contribution in [-0.4, -0.2) is 36.8 Å². The summed E-state index contributed by atoms with van der Waals surface area (Å²) in [6, 6.07) is 12.3. The smallest absolute Gasteiger partial charge is 0.316 e. The number of amides is 3. The van der Waals surface area contributed by atoms with Crippen LogP contribution in [0, 0.1) is 48.3 Å². The summed E-state index contributed by atoms with van der Waals surface area (Å²) in [5, 5.41) is 0. The van der Waals surface area contributed by atoms with Gasteiger partial charge in [0.25, 0.3) is 0 Å². The number of carbonyl (C=O) groups is 4. The van der Waals surface area contributed by atoms with Crippen LogP contribution in [0.25, 0.3) is 0 Å². The Hall–Kier alpha value is -3.94. The van der Waals surface area contributed by atoms with Crippen molar-refractivity contribution >= 4 is 35.1 Å². The van der Waals surface area contributed by atoms with Gasteiger partial charge in [0, 0.05) is 13.0 Å². The average Bonchev–Trinajstić information content (AvgIpc) is 3.61. The predicted molar refractivity (Wildman–Crippen MR) is 142 cm³/mol. The number of hydrogen-bond donors (Lipinski definition) is 0. The highest BCUT2D eigenvalue weighted by molar-refractivity contribution is 6.23. The Bertz CT molecular complexity index is 1410. The SMILES string of the molecule is CCOc1ccccc1N1C[C@H](C(=O)Oc2ccc(N3C(=O)[C@@H]4[C@H]5C=C[C@@H]([C@@H]6C[C@H]56)[C@H]4C3=O)c(C)c2)CC1=O. The summed E-state index contributed by atoms with van der Waals surface area (Å²) in [5.74, 6) is 0.332. The van der Waals surface area contributed by atoms with Crippen molar-refractivity contribution < 1.29 is 28.7 Å². The number of anilines is 2. The van der Waals surface area contributed by atoms with Gasteiger partial charge in [-0.15, -0.1) is 0 Å². The number of imide groups is 1. The molecular weight excluding hydrogens is 496 g/mol. The minimum Gasteiger partial charge on any atom is -0.492 e. The average molecular weight is 527 g/mol. The number of hydrogen-bond acceptors (Lipinski definition) is 6. The van der Waals surface area contributed by atoms with Crippen LogP contribution in [0.4, 0.5) is 11.4 Å². The fourth-order valence-corrected chi connectivity index (χ4v) is 7.39. The molecule has 2 aliphatic heterocycles. The van der Waals surface area contributed by atoms with Gasteiger partial charge in [0.15, 0.2) is 0 Å². The first-order chi connectivity index (χ1) is 18.9. The van der Waals surface area contributed by atoms with E-state index in [1.807, 2.05) is 26.0 Å². The zero-order valence-electron chi connectivity index (χ0n) is 21.9. The third-order valence-electron chi connectivity index (χ3n) is 9.20.